The Morgan fingerprint density at radius 3 is 2.55 bits per heavy atom. The van der Waals surface area contributed by atoms with Crippen molar-refractivity contribution in [1.82, 2.24) is 10.2 Å². The van der Waals surface area contributed by atoms with E-state index in [2.05, 4.69) is 17.1 Å². The van der Waals surface area contributed by atoms with Crippen LogP contribution in [-0.4, -0.2) is 10.2 Å². The Morgan fingerprint density at radius 1 is 1.45 bits per heavy atom. The fraction of sp³-hybridized carbons (Fsp3) is 0.625. The van der Waals surface area contributed by atoms with Gasteiger partial charge >= 0.3 is 0 Å². The Kier molecular flexibility index (Phi) is 1.22. The molecule has 1 fully saturated rings. The van der Waals surface area contributed by atoms with Gasteiger partial charge in [0.05, 0.1) is 0 Å². The van der Waals surface area contributed by atoms with Crippen LogP contribution in [0.1, 0.15) is 31.9 Å². The van der Waals surface area contributed by atoms with Crippen LogP contribution < -0.4 is 5.56 Å². The summed E-state index contributed by atoms with van der Waals surface area (Å²) in [4.78, 5) is 10.8. The summed E-state index contributed by atoms with van der Waals surface area (Å²) in [5.74, 6) is 0. The van der Waals surface area contributed by atoms with Crippen LogP contribution in [0.4, 0.5) is 0 Å². The van der Waals surface area contributed by atoms with E-state index < -0.39 is 0 Å². The van der Waals surface area contributed by atoms with Crippen molar-refractivity contribution in [2.24, 2.45) is 0 Å². The van der Waals surface area contributed by atoms with Gasteiger partial charge in [0.15, 0.2) is 0 Å². The molecule has 0 bridgehead atoms. The van der Waals surface area contributed by atoms with Crippen LogP contribution in [0.15, 0.2) is 10.9 Å². The van der Waals surface area contributed by atoms with E-state index in [0.717, 1.165) is 5.69 Å². The predicted molar refractivity (Wildman–Crippen MR) is 42.6 cm³/mol. The van der Waals surface area contributed by atoms with E-state index in [1.165, 1.54) is 19.3 Å². The van der Waals surface area contributed by atoms with Gasteiger partial charge in [-0.15, -0.1) is 0 Å². The molecule has 0 atom stereocenters. The summed E-state index contributed by atoms with van der Waals surface area (Å²) in [6.07, 6.45) is 3.67. The van der Waals surface area contributed by atoms with Crippen LogP contribution in [0.25, 0.3) is 0 Å². The smallest absolute Gasteiger partial charge is 0.264 e. The zero-order valence-electron chi connectivity index (χ0n) is 6.61. The van der Waals surface area contributed by atoms with Crippen molar-refractivity contribution in [3.8, 4) is 0 Å². The molecule has 1 aliphatic rings. The minimum Gasteiger partial charge on any atom is -0.302 e. The Labute approximate surface area is 64.8 Å². The first-order chi connectivity index (χ1) is 5.21. The molecule has 3 nitrogen and oxygen atoms in total. The number of rotatable bonds is 1. The maximum atomic E-state index is 10.8. The number of H-pyrrole nitrogens is 2. The Hall–Kier alpha value is -0.990. The third-order valence-corrected chi connectivity index (χ3v) is 2.70. The molecule has 0 aliphatic heterocycles. The summed E-state index contributed by atoms with van der Waals surface area (Å²) >= 11 is 0. The van der Waals surface area contributed by atoms with E-state index in [1.54, 1.807) is 6.07 Å². The van der Waals surface area contributed by atoms with Crippen LogP contribution in [0.2, 0.25) is 0 Å². The Morgan fingerprint density at radius 2 is 2.18 bits per heavy atom. The first-order valence-corrected chi connectivity index (χ1v) is 3.99. The van der Waals surface area contributed by atoms with Crippen molar-refractivity contribution >= 4 is 0 Å². The third-order valence-electron chi connectivity index (χ3n) is 2.70. The fourth-order valence-electron chi connectivity index (χ4n) is 1.63. The summed E-state index contributed by atoms with van der Waals surface area (Å²) < 4.78 is 0. The minimum absolute atomic E-state index is 0.0203. The summed E-state index contributed by atoms with van der Waals surface area (Å²) in [6, 6.07) is 1.67. The second kappa shape index (κ2) is 2.00. The quantitative estimate of drug-likeness (QED) is 0.623. The Balaban J connectivity index is 2.35. The predicted octanol–water partition coefficient (Wildman–Crippen LogP) is 1.14. The second-order valence-corrected chi connectivity index (χ2v) is 3.59. The molecular formula is C8H12N2O. The van der Waals surface area contributed by atoms with E-state index in [-0.39, 0.29) is 11.0 Å². The molecule has 1 aromatic heterocycles. The fourth-order valence-corrected chi connectivity index (χ4v) is 1.63. The largest absolute Gasteiger partial charge is 0.302 e. The summed E-state index contributed by atoms with van der Waals surface area (Å²) in [5, 5.41) is 5.47. The lowest BCUT2D eigenvalue weighted by Crippen LogP contribution is -2.30. The minimum atomic E-state index is -0.0203. The van der Waals surface area contributed by atoms with Crippen LogP contribution in [0, 0.1) is 0 Å². The van der Waals surface area contributed by atoms with Gasteiger partial charge < -0.3 is 5.10 Å². The van der Waals surface area contributed by atoms with Gasteiger partial charge in [0.2, 0.25) is 0 Å². The lowest BCUT2D eigenvalue weighted by atomic mass is 9.68. The van der Waals surface area contributed by atoms with E-state index in [9.17, 15) is 4.79 Å². The lowest BCUT2D eigenvalue weighted by Gasteiger charge is -2.37. The molecule has 11 heavy (non-hydrogen) atoms. The highest BCUT2D eigenvalue weighted by Gasteiger charge is 2.34. The average molecular weight is 152 g/mol. The van der Waals surface area contributed by atoms with Crippen LogP contribution >= 0.6 is 0 Å². The van der Waals surface area contributed by atoms with Crippen molar-refractivity contribution in [1.29, 1.82) is 0 Å². The first kappa shape index (κ1) is 6.70. The number of nitrogens with one attached hydrogen (secondary N) is 2. The van der Waals surface area contributed by atoms with Crippen molar-refractivity contribution in [3.63, 3.8) is 0 Å². The van der Waals surface area contributed by atoms with Crippen molar-refractivity contribution in [3.05, 3.63) is 22.1 Å². The van der Waals surface area contributed by atoms with Gasteiger partial charge in [-0.05, 0) is 12.8 Å². The molecule has 1 heterocycles. The van der Waals surface area contributed by atoms with Crippen molar-refractivity contribution < 1.29 is 0 Å². The summed E-state index contributed by atoms with van der Waals surface area (Å²) in [7, 11) is 0. The SMILES string of the molecule is CC1(c2cc(=O)[nH][nH]2)CCC1. The molecule has 0 unspecified atom stereocenters. The standard InChI is InChI=1S/C8H12N2O/c1-8(3-2-4-8)6-5-7(11)10-9-6/h5H,2-4H2,1H3,(H2,9,10,11). The van der Waals surface area contributed by atoms with E-state index in [4.69, 9.17) is 0 Å². The molecule has 0 amide bonds. The van der Waals surface area contributed by atoms with Gasteiger partial charge in [-0.25, -0.2) is 0 Å². The van der Waals surface area contributed by atoms with Gasteiger partial charge in [-0.1, -0.05) is 13.3 Å². The molecular weight excluding hydrogens is 140 g/mol. The summed E-state index contributed by atoms with van der Waals surface area (Å²) in [5.41, 5.74) is 1.29. The number of aromatic nitrogens is 2. The summed E-state index contributed by atoms with van der Waals surface area (Å²) in [6.45, 7) is 2.19. The monoisotopic (exact) mass is 152 g/mol. The first-order valence-electron chi connectivity index (χ1n) is 3.99. The molecule has 1 aromatic rings. The van der Waals surface area contributed by atoms with Crippen LogP contribution in [0.5, 0.6) is 0 Å². The molecule has 2 N–H and O–H groups in total. The van der Waals surface area contributed by atoms with Crippen molar-refractivity contribution in [2.75, 3.05) is 0 Å². The maximum Gasteiger partial charge on any atom is 0.264 e. The topological polar surface area (TPSA) is 48.6 Å². The molecule has 0 aromatic carbocycles. The van der Waals surface area contributed by atoms with Gasteiger partial charge in [0.1, 0.15) is 0 Å². The van der Waals surface area contributed by atoms with Gasteiger partial charge in [-0.3, -0.25) is 9.89 Å². The molecule has 0 radical (unpaired) electrons. The molecule has 60 valence electrons. The number of aromatic amines is 2. The molecule has 1 aliphatic carbocycles. The van der Waals surface area contributed by atoms with Crippen LogP contribution in [-0.2, 0) is 5.41 Å². The molecule has 0 saturated heterocycles. The van der Waals surface area contributed by atoms with E-state index >= 15 is 0 Å². The molecule has 3 heteroatoms. The number of hydrogen-bond acceptors (Lipinski definition) is 1. The second-order valence-electron chi connectivity index (χ2n) is 3.59. The Bertz CT molecular complexity index is 306. The van der Waals surface area contributed by atoms with E-state index in [0.29, 0.717) is 0 Å². The average Bonchev–Trinajstić information content (AvgIpc) is 2.31. The van der Waals surface area contributed by atoms with Crippen LogP contribution in [0.3, 0.4) is 0 Å². The van der Waals surface area contributed by atoms with Gasteiger partial charge in [0, 0.05) is 17.2 Å². The molecule has 2 rings (SSSR count). The van der Waals surface area contributed by atoms with Gasteiger partial charge in [-0.2, -0.15) is 0 Å². The maximum absolute atomic E-state index is 10.8. The normalized spacial score (nSPS) is 21.2. The zero-order valence-corrected chi connectivity index (χ0v) is 6.61. The highest BCUT2D eigenvalue weighted by Crippen LogP contribution is 2.41. The third kappa shape index (κ3) is 0.914. The molecule has 1 saturated carbocycles. The van der Waals surface area contributed by atoms with Crippen molar-refractivity contribution in [2.45, 2.75) is 31.6 Å². The molecule has 0 spiro atoms. The van der Waals surface area contributed by atoms with E-state index in [1.807, 2.05) is 0 Å². The number of hydrogen-bond donors (Lipinski definition) is 2. The highest BCUT2D eigenvalue weighted by molar-refractivity contribution is 5.16. The lowest BCUT2D eigenvalue weighted by molar-refractivity contribution is 0.264. The zero-order chi connectivity index (χ0) is 7.90. The van der Waals surface area contributed by atoms with Gasteiger partial charge in [0.25, 0.3) is 5.56 Å². The highest BCUT2D eigenvalue weighted by atomic mass is 16.1.